The van der Waals surface area contributed by atoms with Gasteiger partial charge in [0.15, 0.2) is 5.16 Å². The maximum Gasteiger partial charge on any atom is 0.261 e. The predicted molar refractivity (Wildman–Crippen MR) is 102 cm³/mol. The first-order chi connectivity index (χ1) is 12.0. The highest BCUT2D eigenvalue weighted by atomic mass is 35.5. The van der Waals surface area contributed by atoms with Crippen LogP contribution in [0, 0.1) is 0 Å². The van der Waals surface area contributed by atoms with E-state index in [4.69, 9.17) is 11.6 Å². The van der Waals surface area contributed by atoms with Crippen molar-refractivity contribution in [3.8, 4) is 0 Å². The van der Waals surface area contributed by atoms with E-state index in [0.29, 0.717) is 38.9 Å². The molecule has 0 aliphatic carbocycles. The van der Waals surface area contributed by atoms with Gasteiger partial charge in [0, 0.05) is 29.9 Å². The van der Waals surface area contributed by atoms with Gasteiger partial charge in [0.05, 0.1) is 10.9 Å². The van der Waals surface area contributed by atoms with E-state index in [1.807, 2.05) is 18.2 Å². The average Bonchev–Trinajstić information content (AvgIpc) is 2.61. The van der Waals surface area contributed by atoms with Gasteiger partial charge in [-0.05, 0) is 36.4 Å². The zero-order valence-electron chi connectivity index (χ0n) is 13.5. The zero-order valence-corrected chi connectivity index (χ0v) is 15.1. The number of aromatic nitrogens is 2. The first kappa shape index (κ1) is 17.5. The van der Waals surface area contributed by atoms with Crippen LogP contribution in [0.25, 0.3) is 10.9 Å². The number of carbonyl (C=O) groups is 1. The van der Waals surface area contributed by atoms with Crippen LogP contribution in [0.3, 0.4) is 0 Å². The van der Waals surface area contributed by atoms with Crippen LogP contribution < -0.4 is 10.9 Å². The molecule has 0 aliphatic heterocycles. The van der Waals surface area contributed by atoms with Gasteiger partial charge in [-0.2, -0.15) is 0 Å². The van der Waals surface area contributed by atoms with Crippen molar-refractivity contribution in [3.05, 3.63) is 63.9 Å². The molecule has 1 aromatic heterocycles. The number of thioether (sulfide) groups is 1. The van der Waals surface area contributed by atoms with E-state index >= 15 is 0 Å². The Bertz CT molecular complexity index is 970. The third-order valence-electron chi connectivity index (χ3n) is 3.63. The zero-order chi connectivity index (χ0) is 17.8. The monoisotopic (exact) mass is 373 g/mol. The van der Waals surface area contributed by atoms with E-state index in [-0.39, 0.29) is 11.5 Å². The largest absolute Gasteiger partial charge is 0.326 e. The summed E-state index contributed by atoms with van der Waals surface area (Å²) in [4.78, 5) is 28.8. The third kappa shape index (κ3) is 4.21. The summed E-state index contributed by atoms with van der Waals surface area (Å²) in [7, 11) is 1.69. The molecule has 0 saturated carbocycles. The Morgan fingerprint density at radius 2 is 1.92 bits per heavy atom. The van der Waals surface area contributed by atoms with Crippen molar-refractivity contribution in [2.45, 2.75) is 11.6 Å². The van der Waals surface area contributed by atoms with Crippen LogP contribution >= 0.6 is 23.4 Å². The molecule has 1 heterocycles. The summed E-state index contributed by atoms with van der Waals surface area (Å²) in [6.07, 6.45) is 0.315. The summed E-state index contributed by atoms with van der Waals surface area (Å²) in [5.41, 5.74) is 1.29. The van der Waals surface area contributed by atoms with E-state index in [9.17, 15) is 9.59 Å². The van der Waals surface area contributed by atoms with Crippen molar-refractivity contribution >= 4 is 45.9 Å². The Morgan fingerprint density at radius 3 is 2.68 bits per heavy atom. The summed E-state index contributed by atoms with van der Waals surface area (Å²) < 4.78 is 1.52. The number of anilines is 1. The quantitative estimate of drug-likeness (QED) is 0.547. The van der Waals surface area contributed by atoms with Gasteiger partial charge in [-0.25, -0.2) is 4.98 Å². The molecule has 7 heteroatoms. The average molecular weight is 374 g/mol. The number of nitrogens with zero attached hydrogens (tertiary/aromatic N) is 2. The number of carbonyl (C=O) groups excluding carboxylic acids is 1. The first-order valence-electron chi connectivity index (χ1n) is 7.68. The van der Waals surface area contributed by atoms with E-state index in [2.05, 4.69) is 10.3 Å². The lowest BCUT2D eigenvalue weighted by Gasteiger charge is -2.09. The SMILES string of the molecule is Cn1c(SCCC(=O)Nc2ccc(Cl)cc2)nc2ccccc2c1=O. The molecular formula is C18H16ClN3O2S. The lowest BCUT2D eigenvalue weighted by molar-refractivity contribution is -0.115. The Hall–Kier alpha value is -2.31. The highest BCUT2D eigenvalue weighted by Crippen LogP contribution is 2.18. The molecule has 0 radical (unpaired) electrons. The number of para-hydroxylation sites is 1. The number of nitrogens with one attached hydrogen (secondary N) is 1. The summed E-state index contributed by atoms with van der Waals surface area (Å²) in [6, 6.07) is 14.2. The molecule has 1 amide bonds. The standard InChI is InChI=1S/C18H16ClN3O2S/c1-22-17(24)14-4-2-3-5-15(14)21-18(22)25-11-10-16(23)20-13-8-6-12(19)7-9-13/h2-9H,10-11H2,1H3,(H,20,23). The van der Waals surface area contributed by atoms with Crippen LogP contribution in [0.1, 0.15) is 6.42 Å². The van der Waals surface area contributed by atoms with Crippen LogP contribution in [-0.2, 0) is 11.8 Å². The highest BCUT2D eigenvalue weighted by molar-refractivity contribution is 7.99. The molecular weight excluding hydrogens is 358 g/mol. The first-order valence-corrected chi connectivity index (χ1v) is 9.05. The summed E-state index contributed by atoms with van der Waals surface area (Å²) in [6.45, 7) is 0. The minimum Gasteiger partial charge on any atom is -0.326 e. The number of hydrogen-bond acceptors (Lipinski definition) is 4. The summed E-state index contributed by atoms with van der Waals surface area (Å²) in [5.74, 6) is 0.429. The smallest absolute Gasteiger partial charge is 0.261 e. The normalized spacial score (nSPS) is 10.8. The number of halogens is 1. The fourth-order valence-electron chi connectivity index (χ4n) is 2.32. The van der Waals surface area contributed by atoms with E-state index in [0.717, 1.165) is 0 Å². The Morgan fingerprint density at radius 1 is 1.20 bits per heavy atom. The van der Waals surface area contributed by atoms with Crippen molar-refractivity contribution in [2.75, 3.05) is 11.1 Å². The molecule has 25 heavy (non-hydrogen) atoms. The molecule has 1 N–H and O–H groups in total. The molecule has 0 fully saturated rings. The van der Waals surface area contributed by atoms with Gasteiger partial charge >= 0.3 is 0 Å². The lowest BCUT2D eigenvalue weighted by Crippen LogP contribution is -2.20. The summed E-state index contributed by atoms with van der Waals surface area (Å²) >= 11 is 7.21. The van der Waals surface area contributed by atoms with Gasteiger partial charge in [-0.1, -0.05) is 35.5 Å². The van der Waals surface area contributed by atoms with Crippen LogP contribution in [0.5, 0.6) is 0 Å². The lowest BCUT2D eigenvalue weighted by atomic mass is 10.2. The summed E-state index contributed by atoms with van der Waals surface area (Å²) in [5, 5.41) is 4.63. The second-order valence-corrected chi connectivity index (χ2v) is 6.93. The van der Waals surface area contributed by atoms with E-state index in [1.54, 1.807) is 37.4 Å². The fourth-order valence-corrected chi connectivity index (χ4v) is 3.35. The van der Waals surface area contributed by atoms with Crippen LogP contribution in [0.15, 0.2) is 58.5 Å². The molecule has 0 unspecified atom stereocenters. The molecule has 0 saturated heterocycles. The molecule has 2 aromatic carbocycles. The third-order valence-corrected chi connectivity index (χ3v) is 4.91. The van der Waals surface area contributed by atoms with E-state index in [1.165, 1.54) is 16.3 Å². The van der Waals surface area contributed by atoms with Crippen molar-refractivity contribution in [3.63, 3.8) is 0 Å². The number of amides is 1. The maximum absolute atomic E-state index is 12.3. The number of hydrogen-bond donors (Lipinski definition) is 1. The van der Waals surface area contributed by atoms with Crippen molar-refractivity contribution in [2.24, 2.45) is 7.05 Å². The fraction of sp³-hybridized carbons (Fsp3) is 0.167. The van der Waals surface area contributed by atoms with Gasteiger partial charge in [0.2, 0.25) is 5.91 Å². The van der Waals surface area contributed by atoms with Crippen molar-refractivity contribution in [1.82, 2.24) is 9.55 Å². The van der Waals surface area contributed by atoms with Crippen molar-refractivity contribution in [1.29, 1.82) is 0 Å². The predicted octanol–water partition coefficient (Wildman–Crippen LogP) is 3.71. The van der Waals surface area contributed by atoms with E-state index < -0.39 is 0 Å². The number of fused-ring (bicyclic) bond motifs is 1. The molecule has 0 aliphatic rings. The molecule has 0 bridgehead atoms. The topological polar surface area (TPSA) is 64.0 Å². The molecule has 3 aromatic rings. The van der Waals surface area contributed by atoms with Gasteiger partial charge < -0.3 is 5.32 Å². The Kier molecular flexibility index (Phi) is 5.40. The van der Waals surface area contributed by atoms with Gasteiger partial charge in [0.1, 0.15) is 0 Å². The van der Waals surface area contributed by atoms with Crippen LogP contribution in [-0.4, -0.2) is 21.2 Å². The minimum absolute atomic E-state index is 0.0845. The van der Waals surface area contributed by atoms with Gasteiger partial charge in [0.25, 0.3) is 5.56 Å². The minimum atomic E-state index is -0.0967. The Labute approximate surface area is 154 Å². The van der Waals surface area contributed by atoms with Gasteiger partial charge in [-0.15, -0.1) is 0 Å². The second kappa shape index (κ2) is 7.72. The second-order valence-electron chi connectivity index (χ2n) is 5.43. The molecule has 3 rings (SSSR count). The maximum atomic E-state index is 12.3. The molecule has 128 valence electrons. The van der Waals surface area contributed by atoms with Gasteiger partial charge in [-0.3, -0.25) is 14.2 Å². The molecule has 0 spiro atoms. The van der Waals surface area contributed by atoms with Crippen LogP contribution in [0.4, 0.5) is 5.69 Å². The van der Waals surface area contributed by atoms with Crippen LogP contribution in [0.2, 0.25) is 5.02 Å². The number of benzene rings is 2. The van der Waals surface area contributed by atoms with Crippen molar-refractivity contribution < 1.29 is 4.79 Å². The molecule has 5 nitrogen and oxygen atoms in total. The Balaban J connectivity index is 1.63. The highest BCUT2D eigenvalue weighted by Gasteiger charge is 2.09. The molecule has 0 atom stereocenters. The number of rotatable bonds is 5.